The molecular formula is C32H42N4O7. The Balaban J connectivity index is 1.40. The summed E-state index contributed by atoms with van der Waals surface area (Å²) in [4.78, 5) is 51.0. The lowest BCUT2D eigenvalue weighted by molar-refractivity contribution is -0.151. The molecule has 1 aromatic heterocycles. The lowest BCUT2D eigenvalue weighted by Gasteiger charge is -2.34. The van der Waals surface area contributed by atoms with Crippen LogP contribution in [-0.2, 0) is 14.3 Å². The number of methoxy groups -OCH3 is 1. The molecule has 2 amide bonds. The van der Waals surface area contributed by atoms with Gasteiger partial charge in [0.05, 0.1) is 24.7 Å². The Hall–Kier alpha value is -3.63. The first-order chi connectivity index (χ1) is 20.5. The minimum atomic E-state index is -1.12. The van der Waals surface area contributed by atoms with Crippen LogP contribution in [0.2, 0.25) is 0 Å². The molecule has 2 aromatic rings. The number of carbonyl (C=O) groups is 3. The van der Waals surface area contributed by atoms with Crippen molar-refractivity contribution >= 4 is 29.0 Å². The highest BCUT2D eigenvalue weighted by molar-refractivity contribution is 5.90. The molecule has 6 rings (SSSR count). The average Bonchev–Trinajstić information content (AvgIpc) is 3.86. The van der Waals surface area contributed by atoms with E-state index in [-0.39, 0.29) is 18.6 Å². The Morgan fingerprint density at radius 1 is 1.09 bits per heavy atom. The van der Waals surface area contributed by atoms with Crippen molar-refractivity contribution in [1.82, 2.24) is 20.2 Å². The summed E-state index contributed by atoms with van der Waals surface area (Å²) in [5.74, 6) is -0.0431. The van der Waals surface area contributed by atoms with Crippen molar-refractivity contribution < 1.29 is 33.7 Å². The minimum absolute atomic E-state index is 0.0493. The zero-order chi connectivity index (χ0) is 30.6. The number of aromatic nitrogens is 2. The van der Waals surface area contributed by atoms with Gasteiger partial charge in [-0.25, -0.2) is 19.6 Å². The molecule has 0 spiro atoms. The van der Waals surface area contributed by atoms with Crippen LogP contribution in [0.25, 0.3) is 11.0 Å². The molecule has 0 radical (unpaired) electrons. The number of amides is 2. The van der Waals surface area contributed by atoms with Crippen molar-refractivity contribution in [2.75, 3.05) is 13.7 Å². The van der Waals surface area contributed by atoms with Crippen LogP contribution in [0.1, 0.15) is 77.8 Å². The number of rotatable bonds is 3. The van der Waals surface area contributed by atoms with E-state index < -0.39 is 47.5 Å². The smallest absolute Gasteiger partial charge is 0.408 e. The van der Waals surface area contributed by atoms with Crippen LogP contribution < -0.4 is 14.8 Å². The zero-order valence-electron chi connectivity index (χ0n) is 25.5. The van der Waals surface area contributed by atoms with E-state index >= 15 is 0 Å². The van der Waals surface area contributed by atoms with Crippen LogP contribution in [0.4, 0.5) is 4.79 Å². The van der Waals surface area contributed by atoms with Gasteiger partial charge in [-0.05, 0) is 61.5 Å². The highest BCUT2D eigenvalue weighted by Crippen LogP contribution is 2.53. The predicted molar refractivity (Wildman–Crippen MR) is 157 cm³/mol. The first kappa shape index (κ1) is 29.4. The molecule has 1 saturated heterocycles. The summed E-state index contributed by atoms with van der Waals surface area (Å²) in [7, 11) is 1.60. The molecule has 8 atom stereocenters. The maximum Gasteiger partial charge on any atom is 0.408 e. The highest BCUT2D eigenvalue weighted by atomic mass is 16.6. The Morgan fingerprint density at radius 3 is 2.56 bits per heavy atom. The number of hydrogen-bond donors (Lipinski definition) is 2. The monoisotopic (exact) mass is 594 g/mol. The van der Waals surface area contributed by atoms with Gasteiger partial charge in [0.2, 0.25) is 11.8 Å². The van der Waals surface area contributed by atoms with Crippen molar-refractivity contribution in [2.45, 2.75) is 96.4 Å². The van der Waals surface area contributed by atoms with Gasteiger partial charge in [0.1, 0.15) is 35.7 Å². The van der Waals surface area contributed by atoms with E-state index in [1.165, 1.54) is 4.90 Å². The number of carbonyl (C=O) groups excluding carboxylic acids is 2. The van der Waals surface area contributed by atoms with Crippen LogP contribution in [0.5, 0.6) is 11.6 Å². The summed E-state index contributed by atoms with van der Waals surface area (Å²) in [5.41, 5.74) is 1.47. The van der Waals surface area contributed by atoms with Gasteiger partial charge in [-0.2, -0.15) is 0 Å². The third kappa shape index (κ3) is 5.82. The van der Waals surface area contributed by atoms with Gasteiger partial charge in [0.25, 0.3) is 0 Å². The normalized spacial score (nSPS) is 32.6. The third-order valence-corrected chi connectivity index (χ3v) is 9.65. The predicted octanol–water partition coefficient (Wildman–Crippen LogP) is 4.52. The Morgan fingerprint density at radius 2 is 1.86 bits per heavy atom. The number of carboxylic acid groups (broad SMARTS) is 1. The fraction of sp³-hybridized carbons (Fsp3) is 0.656. The van der Waals surface area contributed by atoms with Gasteiger partial charge in [-0.1, -0.05) is 34.1 Å². The SMILES string of the molecule is CCC1C2CN(C(=O)C(C(C)(C)C)NC(=O)OC3CC3CCCC3CC3c3nc4ccc(OC)cc4nc3O2)C1C(=O)O. The molecule has 2 N–H and O–H groups in total. The Bertz CT molecular complexity index is 1420. The summed E-state index contributed by atoms with van der Waals surface area (Å²) in [5, 5.41) is 13.1. The Kier molecular flexibility index (Phi) is 7.62. The first-order valence-electron chi connectivity index (χ1n) is 15.5. The van der Waals surface area contributed by atoms with E-state index in [2.05, 4.69) is 5.32 Å². The van der Waals surface area contributed by atoms with Crippen LogP contribution in [0, 0.1) is 23.2 Å². The van der Waals surface area contributed by atoms with Crippen LogP contribution >= 0.6 is 0 Å². The largest absolute Gasteiger partial charge is 0.497 e. The summed E-state index contributed by atoms with van der Waals surface area (Å²) < 4.78 is 17.7. The highest BCUT2D eigenvalue weighted by Gasteiger charge is 2.52. The number of fused-ring (bicyclic) bond motifs is 7. The van der Waals surface area contributed by atoms with Gasteiger partial charge < -0.3 is 29.5 Å². The van der Waals surface area contributed by atoms with E-state index in [1.807, 2.05) is 45.9 Å². The number of alkyl carbamates (subject to hydrolysis) is 1. The molecule has 2 aliphatic carbocycles. The maximum absolute atomic E-state index is 14.1. The van der Waals surface area contributed by atoms with E-state index in [0.29, 0.717) is 35.4 Å². The van der Waals surface area contributed by atoms with Crippen molar-refractivity contribution in [3.63, 3.8) is 0 Å². The fourth-order valence-corrected chi connectivity index (χ4v) is 6.98. The summed E-state index contributed by atoms with van der Waals surface area (Å²) in [6, 6.07) is 3.47. The Labute approximate surface area is 251 Å². The number of aliphatic carboxylic acids is 1. The lowest BCUT2D eigenvalue weighted by atomic mass is 9.85. The van der Waals surface area contributed by atoms with Gasteiger partial charge in [0, 0.05) is 17.9 Å². The summed E-state index contributed by atoms with van der Waals surface area (Å²) in [6.45, 7) is 7.48. The molecule has 11 heteroatoms. The number of nitrogens with one attached hydrogen (secondary N) is 1. The number of carboxylic acids is 1. The quantitative estimate of drug-likeness (QED) is 0.525. The van der Waals surface area contributed by atoms with Gasteiger partial charge in [-0.3, -0.25) is 4.79 Å². The minimum Gasteiger partial charge on any atom is -0.497 e. The fourth-order valence-electron chi connectivity index (χ4n) is 6.98. The molecule has 232 valence electrons. The number of nitrogens with zero attached hydrogens (tertiary/aromatic N) is 3. The van der Waals surface area contributed by atoms with Crippen LogP contribution in [-0.4, -0.2) is 75.9 Å². The third-order valence-electron chi connectivity index (χ3n) is 9.65. The summed E-state index contributed by atoms with van der Waals surface area (Å²) in [6.07, 6.45) is 3.91. The molecule has 2 bridgehead atoms. The van der Waals surface area contributed by atoms with Crippen LogP contribution in [0.15, 0.2) is 18.2 Å². The van der Waals surface area contributed by atoms with Crippen molar-refractivity contribution in [3.8, 4) is 11.6 Å². The molecule has 2 saturated carbocycles. The van der Waals surface area contributed by atoms with Crippen molar-refractivity contribution in [3.05, 3.63) is 23.9 Å². The molecule has 8 unspecified atom stereocenters. The van der Waals surface area contributed by atoms with E-state index in [1.54, 1.807) is 7.11 Å². The molecule has 2 aliphatic heterocycles. The molecule has 4 aliphatic rings. The second-order valence-corrected chi connectivity index (χ2v) is 13.7. The van der Waals surface area contributed by atoms with Crippen molar-refractivity contribution in [1.29, 1.82) is 0 Å². The molecule has 3 heterocycles. The molecular weight excluding hydrogens is 552 g/mol. The molecule has 1 aromatic carbocycles. The van der Waals surface area contributed by atoms with Gasteiger partial charge in [0.15, 0.2) is 0 Å². The van der Waals surface area contributed by atoms with E-state index in [4.69, 9.17) is 24.2 Å². The van der Waals surface area contributed by atoms with Crippen molar-refractivity contribution in [2.24, 2.45) is 23.2 Å². The summed E-state index contributed by atoms with van der Waals surface area (Å²) >= 11 is 0. The molecule has 11 nitrogen and oxygen atoms in total. The maximum atomic E-state index is 14.1. The van der Waals surface area contributed by atoms with Gasteiger partial charge >= 0.3 is 12.1 Å². The molecule has 3 fully saturated rings. The zero-order valence-corrected chi connectivity index (χ0v) is 25.5. The van der Waals surface area contributed by atoms with Crippen LogP contribution in [0.3, 0.4) is 0 Å². The number of hydrogen-bond acceptors (Lipinski definition) is 8. The van der Waals surface area contributed by atoms with E-state index in [0.717, 1.165) is 43.3 Å². The number of ether oxygens (including phenoxy) is 3. The van der Waals surface area contributed by atoms with Gasteiger partial charge in [-0.15, -0.1) is 0 Å². The standard InChI is InChI=1S/C32H42N4O7/c1-6-19-24-15-36(26(19)30(38)39)29(37)27(32(2,3)4)35-31(40)43-23-13-17(23)9-7-8-16-12-20(16)25-28(42-24)34-22-14-18(41-5)10-11-21(22)33-25/h10-11,14,16-17,19-20,23-24,26-27H,6-9,12-13,15H2,1-5H3,(H,35,40)(H,38,39). The molecule has 43 heavy (non-hydrogen) atoms. The first-order valence-corrected chi connectivity index (χ1v) is 15.5. The lowest BCUT2D eigenvalue weighted by Crippen LogP contribution is -2.57. The number of benzene rings is 1. The average molecular weight is 595 g/mol. The topological polar surface area (TPSA) is 140 Å². The second-order valence-electron chi connectivity index (χ2n) is 13.7. The second kappa shape index (κ2) is 11.1. The van der Waals surface area contributed by atoms with E-state index in [9.17, 15) is 19.5 Å².